The van der Waals surface area contributed by atoms with Crippen molar-refractivity contribution in [3.63, 3.8) is 0 Å². The molecular formula is C46H58ClN7O8S. The number of nitrogens with zero attached hydrogens (tertiary/aromatic N) is 6. The Bertz CT molecular complexity index is 2420. The third kappa shape index (κ3) is 8.85. The first kappa shape index (κ1) is 43.8. The lowest BCUT2D eigenvalue weighted by atomic mass is 9.63. The number of hydrogen-bond donors (Lipinski definition) is 2. The first-order chi connectivity index (χ1) is 30.2. The molecule has 17 heteroatoms. The molecule has 2 aliphatic carbocycles. The van der Waals surface area contributed by atoms with Gasteiger partial charge in [0.1, 0.15) is 21.2 Å². The highest BCUT2D eigenvalue weighted by atomic mass is 35.5. The van der Waals surface area contributed by atoms with Crippen molar-refractivity contribution >= 4 is 44.9 Å². The fourth-order valence-electron chi connectivity index (χ4n) is 10.7. The number of aryl methyl sites for hydroxylation is 2. The van der Waals surface area contributed by atoms with Gasteiger partial charge in [-0.25, -0.2) is 4.21 Å². The molecule has 1 aromatic heterocycles. The molecule has 2 saturated heterocycles. The van der Waals surface area contributed by atoms with E-state index >= 15 is 0 Å². The number of rotatable bonds is 6. The van der Waals surface area contributed by atoms with E-state index in [4.69, 9.17) is 25.8 Å². The third-order valence-corrected chi connectivity index (χ3v) is 16.4. The summed E-state index contributed by atoms with van der Waals surface area (Å²) in [7, 11) is -0.728. The summed E-state index contributed by atoms with van der Waals surface area (Å²) >= 11 is 6.52. The van der Waals surface area contributed by atoms with Crippen LogP contribution in [0.25, 0.3) is 0 Å². The molecule has 338 valence electrons. The van der Waals surface area contributed by atoms with E-state index in [-0.39, 0.29) is 58.9 Å². The van der Waals surface area contributed by atoms with Crippen LogP contribution in [0.4, 0.5) is 5.69 Å². The number of allylic oxidation sites excluding steroid dienone is 1. The van der Waals surface area contributed by atoms with E-state index in [1.165, 1.54) is 29.1 Å². The molecule has 0 radical (unpaired) electrons. The van der Waals surface area contributed by atoms with Crippen LogP contribution in [-0.4, -0.2) is 130 Å². The normalized spacial score (nSPS) is 30.7. The predicted octanol–water partition coefficient (Wildman–Crippen LogP) is 4.79. The van der Waals surface area contributed by atoms with Gasteiger partial charge in [0.25, 0.3) is 11.8 Å². The number of amides is 3. The molecule has 3 amide bonds. The van der Waals surface area contributed by atoms with Crippen LogP contribution in [-0.2, 0) is 38.3 Å². The van der Waals surface area contributed by atoms with Crippen LogP contribution in [0.5, 0.6) is 11.6 Å². The number of halogens is 1. The molecule has 63 heavy (non-hydrogen) atoms. The number of carbonyl (C=O) groups excluding carboxylic acids is 3. The van der Waals surface area contributed by atoms with Crippen LogP contribution in [0.3, 0.4) is 0 Å². The van der Waals surface area contributed by atoms with Gasteiger partial charge in [-0.3, -0.25) is 28.7 Å². The highest BCUT2D eigenvalue weighted by molar-refractivity contribution is 7.92. The van der Waals surface area contributed by atoms with Crippen molar-refractivity contribution in [1.29, 1.82) is 0 Å². The van der Waals surface area contributed by atoms with E-state index in [1.54, 1.807) is 31.3 Å². The second kappa shape index (κ2) is 17.5. The number of aliphatic hydroxyl groups is 1. The lowest BCUT2D eigenvalue weighted by Crippen LogP contribution is -2.63. The number of fused-ring (bicyclic) bond motifs is 4. The topological polar surface area (TPSA) is 168 Å². The standard InChI is InChI=1S/C46H58ClN7O8S/c1-30-6-4-15-46(58,22-41(55)53-24-35(25-53)52-16-18-61-19-17-52)38-11-8-33(38)23-54-28-45(14-5-7-31-20-34(47)10-12-37(31)45)29-62-40-13-9-32(21-39(40)54)42(56)49-63(59,27-30)50-43(57)36-26-51(2)48-44(36)60-3/h4,9-10,12-13,15,20-21,26,30,33,35,38,58H,5-8,11,14,16-19,22-25,27-29H2,1-3H3,(H,49,50,56,57,59)/b15-4+/t30-,33-,38+,45-,46-,63-/m0/s1. The number of methoxy groups -OCH3 is 1. The van der Waals surface area contributed by atoms with Gasteiger partial charge in [0.15, 0.2) is 0 Å². The summed E-state index contributed by atoms with van der Waals surface area (Å²) in [6.07, 6.45) is 9.73. The highest BCUT2D eigenvalue weighted by Gasteiger charge is 2.50. The van der Waals surface area contributed by atoms with E-state index in [0.717, 1.165) is 45.2 Å². The number of ether oxygens (including phenoxy) is 3. The average molecular weight is 905 g/mol. The Kier molecular flexibility index (Phi) is 12.1. The average Bonchev–Trinajstić information content (AvgIpc) is 3.53. The Balaban J connectivity index is 1.08. The van der Waals surface area contributed by atoms with Gasteiger partial charge in [0.05, 0.1) is 50.4 Å². The number of nitrogens with one attached hydrogen (secondary N) is 1. The number of hydrogen-bond acceptors (Lipinski definition) is 11. The molecule has 3 fully saturated rings. The van der Waals surface area contributed by atoms with Crippen LogP contribution in [0.2, 0.25) is 5.02 Å². The maximum Gasteiger partial charge on any atom is 0.286 e. The number of likely N-dealkylation sites (tertiary alicyclic amines) is 1. The van der Waals surface area contributed by atoms with E-state index < -0.39 is 32.7 Å². The molecule has 0 unspecified atom stereocenters. The summed E-state index contributed by atoms with van der Waals surface area (Å²) in [4.78, 5) is 48.6. The Morgan fingerprint density at radius 2 is 1.92 bits per heavy atom. The molecule has 1 spiro atoms. The molecule has 15 nitrogen and oxygen atoms in total. The van der Waals surface area contributed by atoms with Gasteiger partial charge in [-0.15, -0.1) is 9.46 Å². The second-order valence-corrected chi connectivity index (χ2v) is 21.0. The maximum absolute atomic E-state index is 14.9. The van der Waals surface area contributed by atoms with Gasteiger partial charge in [0.2, 0.25) is 11.8 Å². The zero-order valence-corrected chi connectivity index (χ0v) is 37.9. The number of morpholine rings is 1. The van der Waals surface area contributed by atoms with Gasteiger partial charge < -0.3 is 29.1 Å². The van der Waals surface area contributed by atoms with Crippen LogP contribution in [0.15, 0.2) is 59.1 Å². The molecular weight excluding hydrogens is 846 g/mol. The van der Waals surface area contributed by atoms with E-state index in [0.29, 0.717) is 68.9 Å². The second-order valence-electron chi connectivity index (χ2n) is 18.6. The molecule has 5 heterocycles. The predicted molar refractivity (Wildman–Crippen MR) is 239 cm³/mol. The largest absolute Gasteiger partial charge is 0.490 e. The summed E-state index contributed by atoms with van der Waals surface area (Å²) in [6.45, 7) is 7.73. The fraction of sp³-hybridized carbons (Fsp3) is 0.565. The SMILES string of the molecule is COc1nn(C)cc1C(=O)N[S@@]1(=O)=NC(=O)c2ccc3c(c2)N(C[C@@H]2CC[C@H]2[C@@](O)(CC(=O)N2CC(N4CCOCC4)C2)/C=C/C[C@H](C)C1)C[C@@]1(CCCc2cc(Cl)ccc21)CO3. The summed E-state index contributed by atoms with van der Waals surface area (Å²) in [5, 5.41) is 17.7. The Labute approximate surface area is 374 Å². The molecule has 4 aliphatic heterocycles. The van der Waals surface area contributed by atoms with Gasteiger partial charge in [-0.05, 0) is 97.7 Å². The highest BCUT2D eigenvalue weighted by Crippen LogP contribution is 2.49. The van der Waals surface area contributed by atoms with Crippen LogP contribution >= 0.6 is 11.6 Å². The lowest BCUT2D eigenvalue weighted by Gasteiger charge is -2.50. The van der Waals surface area contributed by atoms with Crippen molar-refractivity contribution in [3.05, 3.63) is 82.0 Å². The first-order valence-electron chi connectivity index (χ1n) is 22.2. The molecule has 2 bridgehead atoms. The Hall–Kier alpha value is -4.48. The van der Waals surface area contributed by atoms with Crippen LogP contribution < -0.4 is 19.1 Å². The Morgan fingerprint density at radius 3 is 2.68 bits per heavy atom. The first-order valence-corrected chi connectivity index (χ1v) is 24.3. The van der Waals surface area contributed by atoms with Gasteiger partial charge in [-0.1, -0.05) is 36.7 Å². The van der Waals surface area contributed by atoms with Crippen LogP contribution in [0.1, 0.15) is 77.3 Å². The van der Waals surface area contributed by atoms with Crippen molar-refractivity contribution < 1.29 is 37.9 Å². The van der Waals surface area contributed by atoms with Gasteiger partial charge in [0, 0.05) is 74.6 Å². The maximum atomic E-state index is 14.9. The number of aromatic nitrogens is 2. The monoisotopic (exact) mass is 903 g/mol. The van der Waals surface area contributed by atoms with Crippen molar-refractivity contribution in [2.45, 2.75) is 68.9 Å². The molecule has 2 aromatic carbocycles. The minimum Gasteiger partial charge on any atom is -0.490 e. The van der Waals surface area contributed by atoms with Crippen molar-refractivity contribution in [3.8, 4) is 11.6 Å². The molecule has 3 aromatic rings. The zero-order valence-electron chi connectivity index (χ0n) is 36.3. The third-order valence-electron chi connectivity index (χ3n) is 14.2. The molecule has 1 saturated carbocycles. The number of anilines is 1. The lowest BCUT2D eigenvalue weighted by molar-refractivity contribution is -0.148. The van der Waals surface area contributed by atoms with Crippen molar-refractivity contribution in [1.82, 2.24) is 24.3 Å². The van der Waals surface area contributed by atoms with E-state index in [9.17, 15) is 23.7 Å². The number of benzene rings is 2. The zero-order chi connectivity index (χ0) is 44.1. The van der Waals surface area contributed by atoms with E-state index in [2.05, 4.69) is 36.1 Å². The summed E-state index contributed by atoms with van der Waals surface area (Å²) in [5.74, 6) is -1.65. The molecule has 2 N–H and O–H groups in total. The van der Waals surface area contributed by atoms with Gasteiger partial charge in [-0.2, -0.15) is 0 Å². The van der Waals surface area contributed by atoms with Crippen molar-refractivity contribution in [2.24, 2.45) is 29.2 Å². The minimum absolute atomic E-state index is 0.0222. The van der Waals surface area contributed by atoms with E-state index in [1.807, 2.05) is 24.0 Å². The minimum atomic E-state index is -3.75. The summed E-state index contributed by atoms with van der Waals surface area (Å²) in [6, 6.07) is 11.6. The fourth-order valence-corrected chi connectivity index (χ4v) is 12.8. The number of carbonyl (C=O) groups is 3. The van der Waals surface area contributed by atoms with Crippen molar-refractivity contribution in [2.75, 3.05) is 76.9 Å². The molecule has 6 aliphatic rings. The quantitative estimate of drug-likeness (QED) is 0.327. The summed E-state index contributed by atoms with van der Waals surface area (Å²) < 4.78 is 40.7. The smallest absolute Gasteiger partial charge is 0.286 e. The van der Waals surface area contributed by atoms with Gasteiger partial charge >= 0.3 is 0 Å². The summed E-state index contributed by atoms with van der Waals surface area (Å²) in [5.41, 5.74) is 1.49. The Morgan fingerprint density at radius 1 is 1.11 bits per heavy atom. The molecule has 9 rings (SSSR count). The molecule has 6 atom stereocenters. The van der Waals surface area contributed by atoms with Crippen LogP contribution in [0, 0.1) is 17.8 Å².